The van der Waals surface area contributed by atoms with Crippen LogP contribution < -0.4 is 0 Å². The van der Waals surface area contributed by atoms with Crippen molar-refractivity contribution in [3.63, 3.8) is 0 Å². The van der Waals surface area contributed by atoms with Crippen LogP contribution in [0.4, 0.5) is 0 Å². The monoisotopic (exact) mass is 298 g/mol. The number of nitroso groups, excluding NO2 is 2. The Kier molecular flexibility index (Phi) is 6.04. The maximum Gasteiger partial charge on any atom is 0.0951 e. The van der Waals surface area contributed by atoms with Crippen LogP contribution in [0, 0.1) is 9.81 Å². The van der Waals surface area contributed by atoms with Gasteiger partial charge in [-0.25, -0.2) is 0 Å². The molecule has 0 bridgehead atoms. The summed E-state index contributed by atoms with van der Waals surface area (Å²) in [6.07, 6.45) is 19.7. The topological polar surface area (TPSA) is 65.3 Å². The van der Waals surface area contributed by atoms with Crippen LogP contribution in [-0.2, 0) is 0 Å². The molecule has 0 aromatic carbocycles. The molecule has 0 saturated heterocycles. The van der Waals surface area contributed by atoms with Gasteiger partial charge in [-0.1, -0.05) is 12.2 Å². The standard InChI is InChI=1S/C16H18N4O2/c21-17-13-15-7-1-3-9-19(15)11-5-6-12-20-10-4-2-8-16(20)14-18-22/h1-4,7-10,13-14H,5-6,11-12H2. The van der Waals surface area contributed by atoms with Crippen molar-refractivity contribution in [1.29, 1.82) is 0 Å². The number of nitrogens with zero attached hydrogens (tertiary/aromatic N) is 4. The summed E-state index contributed by atoms with van der Waals surface area (Å²) >= 11 is 0. The van der Waals surface area contributed by atoms with E-state index in [-0.39, 0.29) is 0 Å². The molecule has 0 saturated carbocycles. The first-order chi connectivity index (χ1) is 10.8. The smallest absolute Gasteiger partial charge is 0.0951 e. The zero-order chi connectivity index (χ0) is 15.6. The largest absolute Gasteiger partial charge is 0.347 e. The average Bonchev–Trinajstić information content (AvgIpc) is 2.55. The number of rotatable bonds is 7. The molecule has 114 valence electrons. The lowest BCUT2D eigenvalue weighted by Crippen LogP contribution is -2.22. The van der Waals surface area contributed by atoms with E-state index >= 15 is 0 Å². The fourth-order valence-electron chi connectivity index (χ4n) is 2.29. The van der Waals surface area contributed by atoms with Crippen LogP contribution in [0.1, 0.15) is 12.8 Å². The van der Waals surface area contributed by atoms with Gasteiger partial charge in [0.2, 0.25) is 0 Å². The van der Waals surface area contributed by atoms with Crippen LogP contribution in [-0.4, -0.2) is 22.9 Å². The van der Waals surface area contributed by atoms with Crippen LogP contribution in [0.25, 0.3) is 0 Å². The van der Waals surface area contributed by atoms with E-state index in [0.717, 1.165) is 37.3 Å². The molecule has 0 N–H and O–H groups in total. The summed E-state index contributed by atoms with van der Waals surface area (Å²) in [7, 11) is 0. The van der Waals surface area contributed by atoms with E-state index in [1.165, 1.54) is 12.4 Å². The van der Waals surface area contributed by atoms with E-state index in [9.17, 15) is 9.81 Å². The number of unbranched alkanes of at least 4 members (excludes halogenated alkanes) is 1. The number of allylic oxidation sites excluding steroid dienone is 6. The Morgan fingerprint density at radius 2 is 1.23 bits per heavy atom. The maximum absolute atomic E-state index is 10.4. The van der Waals surface area contributed by atoms with Crippen molar-refractivity contribution in [2.24, 2.45) is 10.4 Å². The third-order valence-electron chi connectivity index (χ3n) is 3.37. The highest BCUT2D eigenvalue weighted by Crippen LogP contribution is 2.16. The van der Waals surface area contributed by atoms with Crippen LogP contribution in [0.15, 0.2) is 83.0 Å². The summed E-state index contributed by atoms with van der Waals surface area (Å²) in [6, 6.07) is 0. The highest BCUT2D eigenvalue weighted by atomic mass is 16.3. The van der Waals surface area contributed by atoms with Gasteiger partial charge in [0, 0.05) is 25.5 Å². The van der Waals surface area contributed by atoms with Gasteiger partial charge in [-0.2, -0.15) is 0 Å². The molecular formula is C16H18N4O2. The summed E-state index contributed by atoms with van der Waals surface area (Å²) in [5, 5.41) is 5.66. The normalized spacial score (nSPS) is 20.2. The molecule has 2 heterocycles. The maximum atomic E-state index is 10.4. The Hall–Kier alpha value is -2.76. The van der Waals surface area contributed by atoms with E-state index < -0.39 is 0 Å². The summed E-state index contributed by atoms with van der Waals surface area (Å²) in [5.41, 5.74) is 1.59. The third kappa shape index (κ3) is 4.37. The molecule has 22 heavy (non-hydrogen) atoms. The van der Waals surface area contributed by atoms with Crippen molar-refractivity contribution in [1.82, 2.24) is 9.80 Å². The molecule has 6 nitrogen and oxygen atoms in total. The molecule has 0 amide bonds. The second-order valence-corrected chi connectivity index (χ2v) is 4.81. The minimum atomic E-state index is 0.795. The first kappa shape index (κ1) is 15.6. The first-order valence-electron chi connectivity index (χ1n) is 7.13. The Morgan fingerprint density at radius 3 is 1.64 bits per heavy atom. The predicted octanol–water partition coefficient (Wildman–Crippen LogP) is 3.75. The summed E-state index contributed by atoms with van der Waals surface area (Å²) in [5.74, 6) is 0. The minimum Gasteiger partial charge on any atom is -0.347 e. The van der Waals surface area contributed by atoms with Crippen LogP contribution in [0.5, 0.6) is 0 Å². The highest BCUT2D eigenvalue weighted by molar-refractivity contribution is 5.28. The lowest BCUT2D eigenvalue weighted by atomic mass is 10.2. The predicted molar refractivity (Wildman–Crippen MR) is 87.0 cm³/mol. The SMILES string of the molecule is O=NC=C1C=CC=CN1CCCCN1C=CC=CC1=CN=O. The summed E-state index contributed by atoms with van der Waals surface area (Å²) < 4.78 is 0. The van der Waals surface area contributed by atoms with Crippen molar-refractivity contribution >= 4 is 0 Å². The molecule has 2 rings (SSSR count). The Bertz CT molecular complexity index is 533. The van der Waals surface area contributed by atoms with Gasteiger partial charge >= 0.3 is 0 Å². The third-order valence-corrected chi connectivity index (χ3v) is 3.37. The van der Waals surface area contributed by atoms with Crippen LogP contribution >= 0.6 is 0 Å². The molecule has 0 radical (unpaired) electrons. The van der Waals surface area contributed by atoms with Gasteiger partial charge < -0.3 is 9.80 Å². The number of hydrogen-bond acceptors (Lipinski definition) is 6. The van der Waals surface area contributed by atoms with E-state index in [0.29, 0.717) is 0 Å². The van der Waals surface area contributed by atoms with Crippen molar-refractivity contribution in [2.75, 3.05) is 13.1 Å². The van der Waals surface area contributed by atoms with Gasteiger partial charge in [-0.15, -0.1) is 9.81 Å². The Balaban J connectivity index is 1.79. The van der Waals surface area contributed by atoms with Gasteiger partial charge in [-0.05, 0) is 47.5 Å². The van der Waals surface area contributed by atoms with Crippen molar-refractivity contribution in [3.05, 3.63) is 82.5 Å². The molecule has 0 fully saturated rings. The Labute approximate surface area is 129 Å². The van der Waals surface area contributed by atoms with Crippen molar-refractivity contribution < 1.29 is 0 Å². The molecule has 0 aliphatic carbocycles. The highest BCUT2D eigenvalue weighted by Gasteiger charge is 2.09. The minimum absolute atomic E-state index is 0.795. The quantitative estimate of drug-likeness (QED) is 0.530. The molecule has 0 atom stereocenters. The fourth-order valence-corrected chi connectivity index (χ4v) is 2.29. The second kappa shape index (κ2) is 8.51. The van der Waals surface area contributed by atoms with Crippen LogP contribution in [0.3, 0.4) is 0 Å². The zero-order valence-electron chi connectivity index (χ0n) is 12.2. The van der Waals surface area contributed by atoms with Crippen molar-refractivity contribution in [3.8, 4) is 0 Å². The molecule has 0 aromatic rings. The van der Waals surface area contributed by atoms with E-state index in [4.69, 9.17) is 0 Å². The van der Waals surface area contributed by atoms with Gasteiger partial charge in [-0.3, -0.25) is 0 Å². The molecular weight excluding hydrogens is 280 g/mol. The first-order valence-corrected chi connectivity index (χ1v) is 7.13. The molecule has 0 aromatic heterocycles. The Morgan fingerprint density at radius 1 is 0.773 bits per heavy atom. The molecule has 2 aliphatic rings. The van der Waals surface area contributed by atoms with Gasteiger partial charge in [0.1, 0.15) is 0 Å². The summed E-state index contributed by atoms with van der Waals surface area (Å²) in [6.45, 7) is 1.61. The average molecular weight is 298 g/mol. The van der Waals surface area contributed by atoms with E-state index in [1.54, 1.807) is 0 Å². The lowest BCUT2D eigenvalue weighted by Gasteiger charge is -2.25. The molecule has 0 spiro atoms. The molecule has 6 heteroatoms. The van der Waals surface area contributed by atoms with Crippen molar-refractivity contribution in [2.45, 2.75) is 12.8 Å². The zero-order valence-corrected chi connectivity index (χ0v) is 12.2. The van der Waals surface area contributed by atoms with E-state index in [2.05, 4.69) is 10.4 Å². The molecule has 2 aliphatic heterocycles. The fraction of sp³-hybridized carbons (Fsp3) is 0.250. The molecule has 0 unspecified atom stereocenters. The van der Waals surface area contributed by atoms with Gasteiger partial charge in [0.05, 0.1) is 23.8 Å². The second-order valence-electron chi connectivity index (χ2n) is 4.81. The number of hydrogen-bond donors (Lipinski definition) is 0. The van der Waals surface area contributed by atoms with E-state index in [1.807, 2.05) is 58.7 Å². The summed E-state index contributed by atoms with van der Waals surface area (Å²) in [4.78, 5) is 24.8. The lowest BCUT2D eigenvalue weighted by molar-refractivity contribution is 0.407. The van der Waals surface area contributed by atoms with Gasteiger partial charge in [0.25, 0.3) is 0 Å². The van der Waals surface area contributed by atoms with Gasteiger partial charge in [0.15, 0.2) is 0 Å². The van der Waals surface area contributed by atoms with Crippen LogP contribution in [0.2, 0.25) is 0 Å².